The van der Waals surface area contributed by atoms with Crippen molar-refractivity contribution in [3.05, 3.63) is 127 Å². The molecule has 2 aliphatic rings. The van der Waals surface area contributed by atoms with Gasteiger partial charge in [0, 0.05) is 50.8 Å². The SMILES string of the molecule is CC(=O)O[C@@H](CCOCc1ccccc1)[C@@H]1CC[C@@H]2C[C@@H](C(=O)CCO[Si](c3ccccc3)(c3ccccc3)C(C)(C)C)ON2[C@@H]1CCCS(=O)(=O)c1ccccc1. The van der Waals surface area contributed by atoms with Gasteiger partial charge in [0.1, 0.15) is 12.2 Å². The predicted octanol–water partition coefficient (Wildman–Crippen LogP) is 7.47. The highest BCUT2D eigenvalue weighted by Crippen LogP contribution is 2.42. The molecule has 2 fully saturated rings. The first-order chi connectivity index (χ1) is 27.9. The highest BCUT2D eigenvalue weighted by atomic mass is 32.2. The molecule has 0 aliphatic carbocycles. The number of benzene rings is 4. The predicted molar refractivity (Wildman–Crippen MR) is 229 cm³/mol. The summed E-state index contributed by atoms with van der Waals surface area (Å²) in [4.78, 5) is 33.5. The summed E-state index contributed by atoms with van der Waals surface area (Å²) in [6, 6.07) is 38.9. The third kappa shape index (κ3) is 10.6. The normalized spacial score (nSPS) is 20.6. The number of ketones is 1. The number of carbonyl (C=O) groups is 2. The van der Waals surface area contributed by atoms with Crippen LogP contribution in [0.2, 0.25) is 5.04 Å². The van der Waals surface area contributed by atoms with E-state index in [1.165, 1.54) is 6.92 Å². The van der Waals surface area contributed by atoms with Crippen molar-refractivity contribution in [3.63, 3.8) is 0 Å². The highest BCUT2D eigenvalue weighted by Gasteiger charge is 2.51. The molecule has 0 unspecified atom stereocenters. The molecule has 4 aromatic carbocycles. The molecule has 310 valence electrons. The van der Waals surface area contributed by atoms with Crippen LogP contribution in [-0.2, 0) is 44.8 Å². The number of Topliss-reactive ketones (excluding diaryl/α,β-unsaturated/α-hetero) is 1. The van der Waals surface area contributed by atoms with Crippen LogP contribution in [0.4, 0.5) is 0 Å². The van der Waals surface area contributed by atoms with Crippen molar-refractivity contribution in [1.29, 1.82) is 0 Å². The van der Waals surface area contributed by atoms with Gasteiger partial charge in [0.2, 0.25) is 0 Å². The zero-order chi connectivity index (χ0) is 41.2. The summed E-state index contributed by atoms with van der Waals surface area (Å²) in [5.41, 5.74) is 1.06. The Morgan fingerprint density at radius 1 is 0.828 bits per heavy atom. The van der Waals surface area contributed by atoms with Gasteiger partial charge in [0.25, 0.3) is 8.32 Å². The van der Waals surface area contributed by atoms with Crippen molar-refractivity contribution in [1.82, 2.24) is 5.06 Å². The number of esters is 1. The molecule has 0 aromatic heterocycles. The Kier molecular flexibility index (Phi) is 14.9. The number of hydrogen-bond acceptors (Lipinski definition) is 9. The zero-order valence-corrected chi connectivity index (χ0v) is 36.1. The summed E-state index contributed by atoms with van der Waals surface area (Å²) >= 11 is 0. The van der Waals surface area contributed by atoms with Crippen LogP contribution in [0.15, 0.2) is 126 Å². The molecule has 0 spiro atoms. The summed E-state index contributed by atoms with van der Waals surface area (Å²) in [7, 11) is -6.34. The van der Waals surface area contributed by atoms with Crippen LogP contribution in [0.5, 0.6) is 0 Å². The molecule has 58 heavy (non-hydrogen) atoms. The topological polar surface area (TPSA) is 108 Å². The second-order valence-electron chi connectivity index (χ2n) is 16.6. The van der Waals surface area contributed by atoms with Crippen molar-refractivity contribution in [3.8, 4) is 0 Å². The number of rotatable bonds is 19. The van der Waals surface area contributed by atoms with Crippen LogP contribution >= 0.6 is 0 Å². The van der Waals surface area contributed by atoms with E-state index in [2.05, 4.69) is 45.0 Å². The largest absolute Gasteiger partial charge is 0.462 e. The van der Waals surface area contributed by atoms with Crippen LogP contribution < -0.4 is 10.4 Å². The number of carbonyl (C=O) groups excluding carboxylic acids is 2. The maximum Gasteiger partial charge on any atom is 0.302 e. The van der Waals surface area contributed by atoms with Gasteiger partial charge >= 0.3 is 5.97 Å². The van der Waals surface area contributed by atoms with E-state index >= 15 is 0 Å². The molecule has 0 saturated carbocycles. The maximum atomic E-state index is 14.1. The van der Waals surface area contributed by atoms with Crippen LogP contribution in [0, 0.1) is 5.92 Å². The molecule has 0 amide bonds. The van der Waals surface area contributed by atoms with Gasteiger partial charge in [-0.25, -0.2) is 8.42 Å². The Bertz CT molecular complexity index is 1970. The number of fused-ring (bicyclic) bond motifs is 1. The van der Waals surface area contributed by atoms with Crippen LogP contribution in [0.1, 0.15) is 78.2 Å². The van der Waals surface area contributed by atoms with Gasteiger partial charge in [0.15, 0.2) is 15.6 Å². The molecule has 2 saturated heterocycles. The monoisotopic (exact) mass is 825 g/mol. The lowest BCUT2D eigenvalue weighted by molar-refractivity contribution is -0.224. The van der Waals surface area contributed by atoms with Gasteiger partial charge in [-0.15, -0.1) is 0 Å². The van der Waals surface area contributed by atoms with Crippen molar-refractivity contribution >= 4 is 40.3 Å². The quantitative estimate of drug-likeness (QED) is 0.0541. The molecule has 5 atom stereocenters. The second kappa shape index (κ2) is 19.9. The first-order valence-corrected chi connectivity index (χ1v) is 24.2. The van der Waals surface area contributed by atoms with Crippen molar-refractivity contribution in [2.45, 2.75) is 113 Å². The minimum atomic E-state index is -3.51. The Hall–Kier alpha value is -3.97. The fourth-order valence-corrected chi connectivity index (χ4v) is 14.9. The number of ether oxygens (including phenoxy) is 2. The average molecular weight is 826 g/mol. The van der Waals surface area contributed by atoms with Gasteiger partial charge in [-0.05, 0) is 58.8 Å². The minimum absolute atomic E-state index is 0.0138. The molecule has 2 aliphatic heterocycles. The van der Waals surface area contributed by atoms with E-state index in [0.717, 1.165) is 28.8 Å². The fourth-order valence-electron chi connectivity index (χ4n) is 8.95. The maximum absolute atomic E-state index is 14.1. The van der Waals surface area contributed by atoms with E-state index in [1.807, 2.05) is 71.8 Å². The van der Waals surface area contributed by atoms with Crippen molar-refractivity contribution in [2.75, 3.05) is 19.0 Å². The van der Waals surface area contributed by atoms with Gasteiger partial charge in [-0.3, -0.25) is 14.4 Å². The molecular formula is C47H59NO8SSi. The third-order valence-electron chi connectivity index (χ3n) is 11.7. The second-order valence-corrected chi connectivity index (χ2v) is 23.0. The Labute approximate surface area is 346 Å². The molecule has 0 N–H and O–H groups in total. The number of sulfone groups is 1. The molecule has 11 heteroatoms. The first-order valence-electron chi connectivity index (χ1n) is 20.7. The molecular weight excluding hydrogens is 767 g/mol. The third-order valence-corrected chi connectivity index (χ3v) is 18.5. The first kappa shape index (κ1) is 43.6. The van der Waals surface area contributed by atoms with Crippen LogP contribution in [-0.4, -0.2) is 76.8 Å². The van der Waals surface area contributed by atoms with Gasteiger partial charge < -0.3 is 13.9 Å². The van der Waals surface area contributed by atoms with Crippen LogP contribution in [0.25, 0.3) is 0 Å². The average Bonchev–Trinajstić information content (AvgIpc) is 3.67. The van der Waals surface area contributed by atoms with Crippen LogP contribution in [0.3, 0.4) is 0 Å². The van der Waals surface area contributed by atoms with E-state index in [1.54, 1.807) is 30.3 Å². The minimum Gasteiger partial charge on any atom is -0.462 e. The lowest BCUT2D eigenvalue weighted by Crippen LogP contribution is -2.66. The van der Waals surface area contributed by atoms with E-state index < -0.39 is 30.4 Å². The lowest BCUT2D eigenvalue weighted by atomic mass is 9.79. The van der Waals surface area contributed by atoms with Gasteiger partial charge in [0.05, 0.1) is 23.9 Å². The van der Waals surface area contributed by atoms with Gasteiger partial charge in [-0.2, -0.15) is 5.06 Å². The molecule has 6 rings (SSSR count). The van der Waals surface area contributed by atoms with Crippen molar-refractivity contribution < 1.29 is 36.7 Å². The highest BCUT2D eigenvalue weighted by molar-refractivity contribution is 7.91. The fraction of sp³-hybridized carbons (Fsp3) is 0.447. The van der Waals surface area contributed by atoms with Gasteiger partial charge in [-0.1, -0.05) is 130 Å². The summed E-state index contributed by atoms with van der Waals surface area (Å²) in [5, 5.41) is 4.05. The Morgan fingerprint density at radius 2 is 1.41 bits per heavy atom. The summed E-state index contributed by atoms with van der Waals surface area (Å²) in [6.45, 7) is 9.17. The number of nitrogens with zero attached hydrogens (tertiary/aromatic N) is 1. The number of piperidine rings is 1. The Balaban J connectivity index is 1.17. The Morgan fingerprint density at radius 3 is 2.00 bits per heavy atom. The van der Waals surface area contributed by atoms with E-state index in [9.17, 15) is 18.0 Å². The van der Waals surface area contributed by atoms with E-state index in [0.29, 0.717) is 43.8 Å². The zero-order valence-electron chi connectivity index (χ0n) is 34.3. The van der Waals surface area contributed by atoms with E-state index in [-0.39, 0.29) is 53.6 Å². The summed E-state index contributed by atoms with van der Waals surface area (Å²) in [5.74, 6) is -0.566. The molecule has 9 nitrogen and oxygen atoms in total. The van der Waals surface area contributed by atoms with Crippen molar-refractivity contribution in [2.24, 2.45) is 5.92 Å². The molecule has 4 aromatic rings. The molecule has 2 heterocycles. The summed E-state index contributed by atoms with van der Waals surface area (Å²) in [6.07, 6.45) is 2.49. The lowest BCUT2D eigenvalue weighted by Gasteiger charge is -2.44. The smallest absolute Gasteiger partial charge is 0.302 e. The number of hydrogen-bond donors (Lipinski definition) is 0. The molecule has 0 bridgehead atoms. The standard InChI is InChI=1S/C47H59NO8SSi/c1-36(49)55-45(30-31-53-35-37-18-9-5-10-19-37)42-28-27-38-34-46(56-48(38)43(42)26-17-33-57(51,52)39-20-11-6-12-21-39)44(50)29-32-54-58(47(2,3)4,40-22-13-7-14-23-40)41-24-15-8-16-25-41/h5-16,18-25,38,42-43,45-46H,17,26-35H2,1-4H3/t38-,42-,43-,45+,46+/m1/s1. The van der Waals surface area contributed by atoms with E-state index in [4.69, 9.17) is 18.7 Å². The summed E-state index contributed by atoms with van der Waals surface area (Å²) < 4.78 is 45.7. The molecule has 0 radical (unpaired) electrons. The number of hydroxylamine groups is 2.